The van der Waals surface area contributed by atoms with E-state index in [1.807, 2.05) is 6.92 Å². The molecule has 0 unspecified atom stereocenters. The van der Waals surface area contributed by atoms with Crippen LogP contribution >= 0.6 is 0 Å². The van der Waals surface area contributed by atoms with Gasteiger partial charge < -0.3 is 9.57 Å². The van der Waals surface area contributed by atoms with Crippen LogP contribution in [0.2, 0.25) is 0 Å². The average Bonchev–Trinajstić information content (AvgIpc) is 2.86. The van der Waals surface area contributed by atoms with Crippen molar-refractivity contribution < 1.29 is 18.8 Å². The van der Waals surface area contributed by atoms with Crippen LogP contribution in [0, 0.1) is 5.82 Å². The SMILES string of the molecule is CCOC(=O)/C(=N\OC1(C)CCCC1)c1cccc(F)c1. The minimum Gasteiger partial charge on any atom is -0.461 e. The van der Waals surface area contributed by atoms with Gasteiger partial charge >= 0.3 is 5.97 Å². The Kier molecular flexibility index (Phi) is 4.94. The average molecular weight is 293 g/mol. The summed E-state index contributed by atoms with van der Waals surface area (Å²) in [5.74, 6) is -1.04. The van der Waals surface area contributed by atoms with Crippen LogP contribution in [-0.2, 0) is 14.4 Å². The van der Waals surface area contributed by atoms with Gasteiger partial charge in [0.15, 0.2) is 5.71 Å². The van der Waals surface area contributed by atoms with E-state index in [-0.39, 0.29) is 17.9 Å². The number of halogens is 1. The Morgan fingerprint density at radius 1 is 1.38 bits per heavy atom. The molecule has 0 atom stereocenters. The number of esters is 1. The lowest BCUT2D eigenvalue weighted by Crippen LogP contribution is -2.25. The Balaban J connectivity index is 2.25. The second-order valence-electron chi connectivity index (χ2n) is 5.42. The molecule has 0 heterocycles. The fourth-order valence-electron chi connectivity index (χ4n) is 2.41. The van der Waals surface area contributed by atoms with Crippen molar-refractivity contribution in [2.45, 2.75) is 45.1 Å². The maximum absolute atomic E-state index is 13.3. The molecule has 0 aromatic heterocycles. The summed E-state index contributed by atoms with van der Waals surface area (Å²) in [6, 6.07) is 5.69. The van der Waals surface area contributed by atoms with Gasteiger partial charge in [0.25, 0.3) is 0 Å². The molecule has 0 spiro atoms. The molecule has 0 radical (unpaired) electrons. The van der Waals surface area contributed by atoms with Crippen molar-refractivity contribution in [2.24, 2.45) is 5.16 Å². The second kappa shape index (κ2) is 6.70. The van der Waals surface area contributed by atoms with Crippen molar-refractivity contribution in [3.05, 3.63) is 35.6 Å². The number of hydrogen-bond donors (Lipinski definition) is 0. The van der Waals surface area contributed by atoms with E-state index in [0.717, 1.165) is 25.7 Å². The molecule has 1 saturated carbocycles. The first-order valence-electron chi connectivity index (χ1n) is 7.23. The third-order valence-corrected chi connectivity index (χ3v) is 3.59. The molecule has 4 nitrogen and oxygen atoms in total. The number of rotatable bonds is 5. The summed E-state index contributed by atoms with van der Waals surface area (Å²) in [5, 5.41) is 3.98. The Morgan fingerprint density at radius 2 is 2.10 bits per heavy atom. The monoisotopic (exact) mass is 293 g/mol. The van der Waals surface area contributed by atoms with Crippen LogP contribution in [0.1, 0.15) is 45.1 Å². The molecule has 2 rings (SSSR count). The molecule has 1 aromatic rings. The van der Waals surface area contributed by atoms with Gasteiger partial charge in [-0.3, -0.25) is 0 Å². The maximum Gasteiger partial charge on any atom is 0.361 e. The summed E-state index contributed by atoms with van der Waals surface area (Å²) in [4.78, 5) is 17.6. The lowest BCUT2D eigenvalue weighted by molar-refractivity contribution is -0.135. The van der Waals surface area contributed by atoms with Gasteiger partial charge in [-0.05, 0) is 51.7 Å². The standard InChI is InChI=1S/C16H20FNO3/c1-3-20-15(19)14(12-7-6-8-13(17)11-12)18-21-16(2)9-4-5-10-16/h6-8,11H,3-5,9-10H2,1-2H3/b18-14-. The fraction of sp³-hybridized carbons (Fsp3) is 0.500. The third-order valence-electron chi connectivity index (χ3n) is 3.59. The maximum atomic E-state index is 13.3. The summed E-state index contributed by atoms with van der Waals surface area (Å²) in [7, 11) is 0. The molecule has 1 fully saturated rings. The number of hydrogen-bond acceptors (Lipinski definition) is 4. The predicted octanol–water partition coefficient (Wildman–Crippen LogP) is 3.44. The number of nitrogens with zero attached hydrogens (tertiary/aromatic N) is 1. The molecule has 114 valence electrons. The van der Waals surface area contributed by atoms with Crippen LogP contribution in [0.15, 0.2) is 29.4 Å². The van der Waals surface area contributed by atoms with Crippen molar-refractivity contribution >= 4 is 11.7 Å². The van der Waals surface area contributed by atoms with E-state index in [1.54, 1.807) is 13.0 Å². The van der Waals surface area contributed by atoms with E-state index in [9.17, 15) is 9.18 Å². The smallest absolute Gasteiger partial charge is 0.361 e. The number of benzene rings is 1. The van der Waals surface area contributed by atoms with Gasteiger partial charge in [-0.1, -0.05) is 17.3 Å². The van der Waals surface area contributed by atoms with Gasteiger partial charge in [-0.15, -0.1) is 0 Å². The van der Waals surface area contributed by atoms with E-state index < -0.39 is 11.8 Å². The Labute approximate surface area is 123 Å². The third kappa shape index (κ3) is 4.03. The van der Waals surface area contributed by atoms with Gasteiger partial charge in [0.1, 0.15) is 11.4 Å². The number of carbonyl (C=O) groups is 1. The zero-order valence-electron chi connectivity index (χ0n) is 12.4. The normalized spacial score (nSPS) is 17.6. The van der Waals surface area contributed by atoms with Crippen LogP contribution in [0.25, 0.3) is 0 Å². The highest BCUT2D eigenvalue weighted by atomic mass is 19.1. The molecule has 5 heteroatoms. The zero-order chi connectivity index (χ0) is 15.3. The minimum absolute atomic E-state index is 0.00414. The molecular weight excluding hydrogens is 273 g/mol. The van der Waals surface area contributed by atoms with Crippen molar-refractivity contribution in [3.8, 4) is 0 Å². The first-order valence-corrected chi connectivity index (χ1v) is 7.23. The summed E-state index contributed by atoms with van der Waals surface area (Å²) < 4.78 is 18.3. The van der Waals surface area contributed by atoms with Gasteiger partial charge in [-0.2, -0.15) is 0 Å². The number of oxime groups is 1. The Hall–Kier alpha value is -1.91. The molecule has 0 bridgehead atoms. The summed E-state index contributed by atoms with van der Waals surface area (Å²) in [6.07, 6.45) is 3.97. The highest BCUT2D eigenvalue weighted by molar-refractivity contribution is 6.43. The first kappa shape index (κ1) is 15.5. The van der Waals surface area contributed by atoms with Gasteiger partial charge in [0, 0.05) is 5.56 Å². The van der Waals surface area contributed by atoms with E-state index >= 15 is 0 Å². The molecular formula is C16H20FNO3. The van der Waals surface area contributed by atoms with Crippen LogP contribution in [0.3, 0.4) is 0 Å². The Bertz CT molecular complexity index is 536. The quantitative estimate of drug-likeness (QED) is 0.474. The molecule has 0 amide bonds. The van der Waals surface area contributed by atoms with Gasteiger partial charge in [0.2, 0.25) is 0 Å². The molecule has 21 heavy (non-hydrogen) atoms. The summed E-state index contributed by atoms with van der Waals surface area (Å²) in [5.41, 5.74) is 0.00459. The second-order valence-corrected chi connectivity index (χ2v) is 5.42. The molecule has 0 aliphatic heterocycles. The lowest BCUT2D eigenvalue weighted by Gasteiger charge is -2.21. The molecule has 0 N–H and O–H groups in total. The van der Waals surface area contributed by atoms with E-state index in [1.165, 1.54) is 18.2 Å². The number of ether oxygens (including phenoxy) is 1. The van der Waals surface area contributed by atoms with Crippen LogP contribution in [-0.4, -0.2) is 23.9 Å². The fourth-order valence-corrected chi connectivity index (χ4v) is 2.41. The minimum atomic E-state index is -0.607. The molecule has 1 aliphatic carbocycles. The van der Waals surface area contributed by atoms with Crippen LogP contribution < -0.4 is 0 Å². The van der Waals surface area contributed by atoms with Crippen molar-refractivity contribution in [3.63, 3.8) is 0 Å². The summed E-state index contributed by atoms with van der Waals surface area (Å²) >= 11 is 0. The van der Waals surface area contributed by atoms with E-state index in [0.29, 0.717) is 5.56 Å². The highest BCUT2D eigenvalue weighted by Crippen LogP contribution is 2.32. The lowest BCUT2D eigenvalue weighted by atomic mass is 10.1. The largest absolute Gasteiger partial charge is 0.461 e. The topological polar surface area (TPSA) is 47.9 Å². The molecule has 1 aliphatic rings. The number of carbonyl (C=O) groups excluding carboxylic acids is 1. The van der Waals surface area contributed by atoms with E-state index in [4.69, 9.17) is 9.57 Å². The summed E-state index contributed by atoms with van der Waals surface area (Å²) in [6.45, 7) is 3.91. The zero-order valence-corrected chi connectivity index (χ0v) is 12.4. The van der Waals surface area contributed by atoms with Gasteiger partial charge in [0.05, 0.1) is 6.61 Å². The highest BCUT2D eigenvalue weighted by Gasteiger charge is 2.31. The van der Waals surface area contributed by atoms with Crippen molar-refractivity contribution in [2.75, 3.05) is 6.61 Å². The van der Waals surface area contributed by atoms with E-state index in [2.05, 4.69) is 5.16 Å². The predicted molar refractivity (Wildman–Crippen MR) is 77.5 cm³/mol. The molecule has 1 aromatic carbocycles. The van der Waals surface area contributed by atoms with Crippen molar-refractivity contribution in [1.29, 1.82) is 0 Å². The Morgan fingerprint density at radius 3 is 2.71 bits per heavy atom. The van der Waals surface area contributed by atoms with Crippen molar-refractivity contribution in [1.82, 2.24) is 0 Å². The van der Waals surface area contributed by atoms with Crippen LogP contribution in [0.5, 0.6) is 0 Å². The molecule has 0 saturated heterocycles. The van der Waals surface area contributed by atoms with Gasteiger partial charge in [-0.25, -0.2) is 9.18 Å². The van der Waals surface area contributed by atoms with Crippen LogP contribution in [0.4, 0.5) is 4.39 Å². The first-order chi connectivity index (χ1) is 10.0.